The maximum Gasteiger partial charge on any atom is 0.263 e. The molecule has 1 atom stereocenters. The first kappa shape index (κ1) is 25.1. The lowest BCUT2D eigenvalue weighted by molar-refractivity contribution is -0.184. The highest BCUT2D eigenvalue weighted by atomic mass is 16.5. The van der Waals surface area contributed by atoms with Crippen molar-refractivity contribution in [2.24, 2.45) is 0 Å². The SMILES string of the molecule is CC1COCCN1c1cc(-c2cnc(N)c(Oc3cnn(C4CCN(C)CC4)c3)n2)cc(C2(O)COC2)c1. The van der Waals surface area contributed by atoms with E-state index in [0.29, 0.717) is 30.7 Å². The Morgan fingerprint density at radius 3 is 2.66 bits per heavy atom. The van der Waals surface area contributed by atoms with Crippen LogP contribution in [0.5, 0.6) is 11.6 Å². The molecule has 3 aromatic rings. The highest BCUT2D eigenvalue weighted by molar-refractivity contribution is 5.69. The molecule has 3 aliphatic rings. The zero-order valence-electron chi connectivity index (χ0n) is 21.9. The van der Waals surface area contributed by atoms with Gasteiger partial charge in [-0.1, -0.05) is 0 Å². The van der Waals surface area contributed by atoms with E-state index in [0.717, 1.165) is 49.3 Å². The van der Waals surface area contributed by atoms with Gasteiger partial charge in [-0.15, -0.1) is 0 Å². The van der Waals surface area contributed by atoms with E-state index in [1.165, 1.54) is 0 Å². The number of aromatic nitrogens is 4. The summed E-state index contributed by atoms with van der Waals surface area (Å²) in [4.78, 5) is 13.7. The van der Waals surface area contributed by atoms with Crippen molar-refractivity contribution in [1.29, 1.82) is 0 Å². The van der Waals surface area contributed by atoms with Crippen LogP contribution in [-0.2, 0) is 15.1 Å². The van der Waals surface area contributed by atoms with Crippen molar-refractivity contribution in [1.82, 2.24) is 24.6 Å². The standard InChI is InChI=1S/C27H35N7O4/c1-18-15-36-8-7-33(18)22-10-19(9-20(11-22)27(35)16-37-17-27)24-13-29-25(28)26(31-24)38-23-12-30-34(14-23)21-3-5-32(2)6-4-21/h9-14,18,21,35H,3-8,15-17H2,1-2H3,(H2,28,29). The van der Waals surface area contributed by atoms with Crippen molar-refractivity contribution in [2.45, 2.75) is 37.5 Å². The van der Waals surface area contributed by atoms with Gasteiger partial charge >= 0.3 is 0 Å². The van der Waals surface area contributed by atoms with E-state index < -0.39 is 5.60 Å². The molecule has 0 spiro atoms. The third kappa shape index (κ3) is 4.94. The number of anilines is 2. The van der Waals surface area contributed by atoms with Crippen molar-refractivity contribution >= 4 is 11.5 Å². The Hall–Kier alpha value is -3.25. The summed E-state index contributed by atoms with van der Waals surface area (Å²) in [6.07, 6.45) is 7.32. The molecule has 0 radical (unpaired) electrons. The predicted molar refractivity (Wildman–Crippen MR) is 142 cm³/mol. The molecule has 202 valence electrons. The first-order chi connectivity index (χ1) is 18.4. The molecule has 0 amide bonds. The molecule has 0 saturated carbocycles. The molecule has 0 aliphatic carbocycles. The summed E-state index contributed by atoms with van der Waals surface area (Å²) in [5, 5.41) is 15.6. The van der Waals surface area contributed by atoms with Crippen LogP contribution in [0.25, 0.3) is 11.3 Å². The molecule has 3 fully saturated rings. The van der Waals surface area contributed by atoms with E-state index in [2.05, 4.69) is 39.9 Å². The molecule has 3 saturated heterocycles. The Labute approximate surface area is 222 Å². The maximum absolute atomic E-state index is 11.1. The first-order valence-electron chi connectivity index (χ1n) is 13.2. The summed E-state index contributed by atoms with van der Waals surface area (Å²) in [7, 11) is 2.14. The third-order valence-corrected chi connectivity index (χ3v) is 7.75. The number of hydrogen-bond acceptors (Lipinski definition) is 10. The number of nitrogens with two attached hydrogens (primary N) is 1. The smallest absolute Gasteiger partial charge is 0.263 e. The summed E-state index contributed by atoms with van der Waals surface area (Å²) in [6, 6.07) is 6.60. The molecular formula is C27H35N7O4. The Morgan fingerprint density at radius 2 is 1.92 bits per heavy atom. The second-order valence-corrected chi connectivity index (χ2v) is 10.6. The van der Waals surface area contributed by atoms with Gasteiger partial charge in [0.15, 0.2) is 11.6 Å². The molecule has 5 heterocycles. The van der Waals surface area contributed by atoms with E-state index >= 15 is 0 Å². The number of piperidine rings is 1. The summed E-state index contributed by atoms with van der Waals surface area (Å²) in [5.41, 5.74) is 8.34. The fourth-order valence-corrected chi connectivity index (χ4v) is 5.31. The number of ether oxygens (including phenoxy) is 3. The number of benzene rings is 1. The van der Waals surface area contributed by atoms with Gasteiger partial charge in [-0.2, -0.15) is 5.10 Å². The van der Waals surface area contributed by atoms with Crippen molar-refractivity contribution in [2.75, 3.05) is 63.7 Å². The fourth-order valence-electron chi connectivity index (χ4n) is 5.31. The molecular weight excluding hydrogens is 486 g/mol. The molecule has 11 heteroatoms. The van der Waals surface area contributed by atoms with Gasteiger partial charge in [-0.3, -0.25) is 4.68 Å². The quantitative estimate of drug-likeness (QED) is 0.500. The van der Waals surface area contributed by atoms with Crippen LogP contribution in [0.3, 0.4) is 0 Å². The van der Waals surface area contributed by atoms with Crippen LogP contribution in [0, 0.1) is 0 Å². The maximum atomic E-state index is 11.1. The average molecular weight is 522 g/mol. The van der Waals surface area contributed by atoms with Gasteiger partial charge in [-0.25, -0.2) is 9.97 Å². The number of likely N-dealkylation sites (tertiary alicyclic amines) is 1. The van der Waals surface area contributed by atoms with Crippen LogP contribution in [0.2, 0.25) is 0 Å². The zero-order valence-corrected chi connectivity index (χ0v) is 21.9. The summed E-state index contributed by atoms with van der Waals surface area (Å²) >= 11 is 0. The minimum absolute atomic E-state index is 0.199. The van der Waals surface area contributed by atoms with Crippen LogP contribution in [-0.4, -0.2) is 88.9 Å². The second kappa shape index (κ2) is 10.1. The van der Waals surface area contributed by atoms with E-state index in [9.17, 15) is 5.11 Å². The number of hydrogen-bond donors (Lipinski definition) is 2. The lowest BCUT2D eigenvalue weighted by Gasteiger charge is -2.39. The average Bonchev–Trinajstić information content (AvgIpc) is 3.37. The van der Waals surface area contributed by atoms with E-state index in [1.54, 1.807) is 12.4 Å². The first-order valence-corrected chi connectivity index (χ1v) is 13.2. The van der Waals surface area contributed by atoms with Gasteiger partial charge in [-0.05, 0) is 63.7 Å². The van der Waals surface area contributed by atoms with Gasteiger partial charge in [0, 0.05) is 23.8 Å². The van der Waals surface area contributed by atoms with E-state index in [4.69, 9.17) is 24.9 Å². The Balaban J connectivity index is 1.29. The van der Waals surface area contributed by atoms with Crippen LogP contribution >= 0.6 is 0 Å². The minimum Gasteiger partial charge on any atom is -0.433 e. The molecule has 11 nitrogen and oxygen atoms in total. The minimum atomic E-state index is -1.02. The van der Waals surface area contributed by atoms with Gasteiger partial charge in [0.1, 0.15) is 5.60 Å². The van der Waals surface area contributed by atoms with Gasteiger partial charge in [0.25, 0.3) is 5.88 Å². The lowest BCUT2D eigenvalue weighted by atomic mass is 9.89. The van der Waals surface area contributed by atoms with Crippen LogP contribution in [0.4, 0.5) is 11.5 Å². The van der Waals surface area contributed by atoms with Crippen LogP contribution in [0.15, 0.2) is 36.8 Å². The van der Waals surface area contributed by atoms with Crippen LogP contribution in [0.1, 0.15) is 31.4 Å². The van der Waals surface area contributed by atoms with Crippen LogP contribution < -0.4 is 15.4 Å². The Kier molecular flexibility index (Phi) is 6.68. The summed E-state index contributed by atoms with van der Waals surface area (Å²) in [6.45, 7) is 6.82. The predicted octanol–water partition coefficient (Wildman–Crippen LogP) is 2.42. The van der Waals surface area contributed by atoms with Crippen molar-refractivity contribution in [3.05, 3.63) is 42.4 Å². The molecule has 0 bridgehead atoms. The number of nitrogens with zero attached hydrogens (tertiary/aromatic N) is 6. The van der Waals surface area contributed by atoms with E-state index in [-0.39, 0.29) is 31.0 Å². The topological polar surface area (TPSA) is 124 Å². The molecule has 3 N–H and O–H groups in total. The molecule has 1 aromatic carbocycles. The Bertz CT molecular complexity index is 1290. The largest absolute Gasteiger partial charge is 0.433 e. The highest BCUT2D eigenvalue weighted by Gasteiger charge is 2.39. The molecule has 6 rings (SSSR count). The lowest BCUT2D eigenvalue weighted by Crippen LogP contribution is -2.47. The van der Waals surface area contributed by atoms with Crippen molar-refractivity contribution in [3.63, 3.8) is 0 Å². The number of rotatable bonds is 6. The molecule has 38 heavy (non-hydrogen) atoms. The Morgan fingerprint density at radius 1 is 1.11 bits per heavy atom. The second-order valence-electron chi connectivity index (χ2n) is 10.6. The van der Waals surface area contributed by atoms with Gasteiger partial charge < -0.3 is 34.9 Å². The highest BCUT2D eigenvalue weighted by Crippen LogP contribution is 2.37. The zero-order chi connectivity index (χ0) is 26.3. The number of nitrogen functional groups attached to an aromatic ring is 1. The normalized spacial score (nSPS) is 22.3. The molecule has 2 aromatic heterocycles. The summed E-state index contributed by atoms with van der Waals surface area (Å²) < 4.78 is 19.0. The molecule has 3 aliphatic heterocycles. The number of aliphatic hydroxyl groups is 1. The van der Waals surface area contributed by atoms with Crippen molar-refractivity contribution < 1.29 is 19.3 Å². The third-order valence-electron chi connectivity index (χ3n) is 7.75. The summed E-state index contributed by atoms with van der Waals surface area (Å²) in [5.74, 6) is 0.993. The monoisotopic (exact) mass is 521 g/mol. The molecule has 1 unspecified atom stereocenters. The fraction of sp³-hybridized carbons (Fsp3) is 0.519. The van der Waals surface area contributed by atoms with Gasteiger partial charge in [0.2, 0.25) is 0 Å². The van der Waals surface area contributed by atoms with E-state index in [1.807, 2.05) is 23.0 Å². The van der Waals surface area contributed by atoms with Crippen molar-refractivity contribution in [3.8, 4) is 22.9 Å². The number of morpholine rings is 1. The van der Waals surface area contributed by atoms with Gasteiger partial charge in [0.05, 0.1) is 56.8 Å².